The van der Waals surface area contributed by atoms with Crippen LogP contribution in [-0.2, 0) is 4.79 Å². The summed E-state index contributed by atoms with van der Waals surface area (Å²) in [5, 5.41) is 42.6. The molecule has 9 heteroatoms. The highest BCUT2D eigenvalue weighted by molar-refractivity contribution is 5.50. The van der Waals surface area contributed by atoms with Crippen molar-refractivity contribution < 1.29 is 24.9 Å². The van der Waals surface area contributed by atoms with Gasteiger partial charge in [-0.25, -0.2) is 0 Å². The monoisotopic (exact) mass is 387 g/mol. The fourth-order valence-electron chi connectivity index (χ4n) is 2.80. The van der Waals surface area contributed by atoms with Gasteiger partial charge in [0, 0.05) is 22.7 Å². The average Bonchev–Trinajstić information content (AvgIpc) is 2.61. The van der Waals surface area contributed by atoms with Gasteiger partial charge in [0.1, 0.15) is 12.2 Å². The number of nitrogens with zero attached hydrogens (tertiary/aromatic N) is 2. The zero-order chi connectivity index (χ0) is 20.7. The number of aliphatic hydroxyl groups is 2. The summed E-state index contributed by atoms with van der Waals surface area (Å²) < 4.78 is 0. The third kappa shape index (κ3) is 11.4. The Labute approximate surface area is 159 Å². The Morgan fingerprint density at radius 3 is 2.19 bits per heavy atom. The summed E-state index contributed by atoms with van der Waals surface area (Å²) in [6.07, 6.45) is 6.84. The molecule has 0 aromatic carbocycles. The predicted octanol–water partition coefficient (Wildman–Crippen LogP) is 2.59. The fourth-order valence-corrected chi connectivity index (χ4v) is 2.80. The van der Waals surface area contributed by atoms with E-state index in [0.717, 1.165) is 19.3 Å². The van der Waals surface area contributed by atoms with E-state index in [2.05, 4.69) is 0 Å². The second kappa shape index (κ2) is 15.2. The van der Waals surface area contributed by atoms with E-state index in [0.29, 0.717) is 25.7 Å². The zero-order valence-corrected chi connectivity index (χ0v) is 15.9. The fraction of sp³-hybridized carbons (Fsp3) is 0.833. The molecule has 4 atom stereocenters. The van der Waals surface area contributed by atoms with Crippen LogP contribution in [0, 0.1) is 20.2 Å². The smallest absolute Gasteiger partial charge is 0.241 e. The van der Waals surface area contributed by atoms with Crippen LogP contribution in [0.25, 0.3) is 0 Å². The Morgan fingerprint density at radius 2 is 1.63 bits per heavy atom. The van der Waals surface area contributed by atoms with Crippen molar-refractivity contribution in [2.75, 3.05) is 0 Å². The van der Waals surface area contributed by atoms with E-state index in [1.807, 2.05) is 6.92 Å². The van der Waals surface area contributed by atoms with Crippen molar-refractivity contribution in [3.05, 3.63) is 32.4 Å². The maximum absolute atomic E-state index is 11.2. The molecule has 0 aromatic heterocycles. The van der Waals surface area contributed by atoms with E-state index < -0.39 is 40.6 Å². The number of hydrogen-bond acceptors (Lipinski definition) is 7. The largest absolute Gasteiger partial charge is 0.386 e. The van der Waals surface area contributed by atoms with Gasteiger partial charge in [0.2, 0.25) is 12.1 Å². The zero-order valence-electron chi connectivity index (χ0n) is 15.9. The van der Waals surface area contributed by atoms with Gasteiger partial charge in [-0.05, 0) is 32.1 Å². The maximum Gasteiger partial charge on any atom is 0.241 e. The minimum absolute atomic E-state index is 0.0249. The first-order chi connectivity index (χ1) is 12.8. The molecule has 4 unspecified atom stereocenters. The molecular formula is C18H31N2O7. The standard InChI is InChI=1S/C18H31N2O7/c1-2-3-8-11-15(19(24)25)18(23)14-16(20(26)27)17(22)12-9-6-4-5-7-10-13-21/h6,9,15-18,22-23H,2-5,7-8,10-12,14H2,1H3/b9-6-. The number of unbranched alkanes of at least 4 members (excludes halogenated alkanes) is 5. The molecule has 0 aliphatic rings. The molecule has 0 rings (SSSR count). The van der Waals surface area contributed by atoms with E-state index in [-0.39, 0.29) is 12.8 Å². The highest BCUT2D eigenvalue weighted by atomic mass is 16.6. The summed E-state index contributed by atoms with van der Waals surface area (Å²) in [5.41, 5.74) is 0. The molecule has 0 bridgehead atoms. The van der Waals surface area contributed by atoms with Crippen LogP contribution < -0.4 is 0 Å². The van der Waals surface area contributed by atoms with Gasteiger partial charge in [-0.1, -0.05) is 31.9 Å². The van der Waals surface area contributed by atoms with Crippen molar-refractivity contribution >= 4 is 6.29 Å². The van der Waals surface area contributed by atoms with Gasteiger partial charge < -0.3 is 10.2 Å². The molecule has 0 amide bonds. The first kappa shape index (κ1) is 25.1. The number of carbonyl (C=O) groups excluding carboxylic acids is 1. The van der Waals surface area contributed by atoms with Gasteiger partial charge in [-0.2, -0.15) is 0 Å². The van der Waals surface area contributed by atoms with Gasteiger partial charge in [0.25, 0.3) is 0 Å². The Bertz CT molecular complexity index is 471. The van der Waals surface area contributed by atoms with Crippen molar-refractivity contribution in [1.82, 2.24) is 0 Å². The van der Waals surface area contributed by atoms with Crippen LogP contribution in [0.15, 0.2) is 12.2 Å². The maximum atomic E-state index is 11.2. The van der Waals surface area contributed by atoms with Crippen LogP contribution in [0.1, 0.15) is 71.1 Å². The first-order valence-electron chi connectivity index (χ1n) is 9.48. The SMILES string of the molecule is CCCCCC(C(O)CC(C(O)C/C=C\CCCC[C]=O)[N+](=O)[O-])[N+](=O)[O-]. The minimum atomic E-state index is -1.48. The van der Waals surface area contributed by atoms with Crippen LogP contribution in [0.4, 0.5) is 0 Å². The quantitative estimate of drug-likeness (QED) is 0.169. The highest BCUT2D eigenvalue weighted by Crippen LogP contribution is 2.18. The minimum Gasteiger partial charge on any atom is -0.386 e. The summed E-state index contributed by atoms with van der Waals surface area (Å²) in [6, 6.07) is -2.74. The second-order valence-corrected chi connectivity index (χ2v) is 6.67. The summed E-state index contributed by atoms with van der Waals surface area (Å²) in [4.78, 5) is 31.2. The molecule has 0 saturated heterocycles. The van der Waals surface area contributed by atoms with Gasteiger partial charge in [0.15, 0.2) is 6.29 Å². The van der Waals surface area contributed by atoms with Crippen LogP contribution in [-0.4, -0.2) is 50.6 Å². The van der Waals surface area contributed by atoms with Crippen molar-refractivity contribution in [2.24, 2.45) is 0 Å². The topological polar surface area (TPSA) is 144 Å². The van der Waals surface area contributed by atoms with Gasteiger partial charge in [-0.15, -0.1) is 0 Å². The molecule has 1 radical (unpaired) electrons. The molecule has 0 aromatic rings. The Kier molecular flexibility index (Phi) is 14.2. The Balaban J connectivity index is 4.61. The molecule has 0 aliphatic heterocycles. The van der Waals surface area contributed by atoms with Gasteiger partial charge >= 0.3 is 0 Å². The molecule has 0 heterocycles. The van der Waals surface area contributed by atoms with E-state index in [1.54, 1.807) is 18.4 Å². The third-order valence-electron chi connectivity index (χ3n) is 4.46. The Hall–Kier alpha value is -1.87. The molecule has 0 spiro atoms. The lowest BCUT2D eigenvalue weighted by Gasteiger charge is -2.20. The summed E-state index contributed by atoms with van der Waals surface area (Å²) in [7, 11) is 0. The van der Waals surface area contributed by atoms with Gasteiger partial charge in [-0.3, -0.25) is 25.0 Å². The van der Waals surface area contributed by atoms with E-state index in [9.17, 15) is 35.2 Å². The van der Waals surface area contributed by atoms with Crippen LogP contribution in [0.5, 0.6) is 0 Å². The summed E-state index contributed by atoms with van der Waals surface area (Å²) in [5.74, 6) is 0. The summed E-state index contributed by atoms with van der Waals surface area (Å²) >= 11 is 0. The van der Waals surface area contributed by atoms with Crippen LogP contribution >= 0.6 is 0 Å². The molecule has 0 fully saturated rings. The van der Waals surface area contributed by atoms with Crippen molar-refractivity contribution in [1.29, 1.82) is 0 Å². The molecule has 0 aliphatic carbocycles. The first-order valence-corrected chi connectivity index (χ1v) is 9.48. The predicted molar refractivity (Wildman–Crippen MR) is 100 cm³/mol. The number of rotatable bonds is 17. The van der Waals surface area contributed by atoms with E-state index in [1.165, 1.54) is 0 Å². The van der Waals surface area contributed by atoms with Crippen LogP contribution in [0.3, 0.4) is 0 Å². The molecular weight excluding hydrogens is 356 g/mol. The van der Waals surface area contributed by atoms with E-state index in [4.69, 9.17) is 0 Å². The lowest BCUT2D eigenvalue weighted by Crippen LogP contribution is -2.42. The normalized spacial score (nSPS) is 16.0. The molecule has 9 nitrogen and oxygen atoms in total. The van der Waals surface area contributed by atoms with Crippen molar-refractivity contribution in [3.8, 4) is 0 Å². The number of hydrogen-bond donors (Lipinski definition) is 2. The average molecular weight is 387 g/mol. The molecule has 0 saturated carbocycles. The molecule has 155 valence electrons. The second-order valence-electron chi connectivity index (χ2n) is 6.67. The lowest BCUT2D eigenvalue weighted by atomic mass is 9.95. The Morgan fingerprint density at radius 1 is 0.963 bits per heavy atom. The molecule has 2 N–H and O–H groups in total. The highest BCUT2D eigenvalue weighted by Gasteiger charge is 2.38. The number of nitro groups is 2. The van der Waals surface area contributed by atoms with E-state index >= 15 is 0 Å². The molecule has 27 heavy (non-hydrogen) atoms. The van der Waals surface area contributed by atoms with Crippen molar-refractivity contribution in [2.45, 2.75) is 95.4 Å². The summed E-state index contributed by atoms with van der Waals surface area (Å²) in [6.45, 7) is 1.95. The van der Waals surface area contributed by atoms with Gasteiger partial charge in [0.05, 0.1) is 6.42 Å². The van der Waals surface area contributed by atoms with Crippen LogP contribution in [0.2, 0.25) is 0 Å². The number of allylic oxidation sites excluding steroid dienone is 1. The third-order valence-corrected chi connectivity index (χ3v) is 4.46. The number of aliphatic hydroxyl groups excluding tert-OH is 2. The lowest BCUT2D eigenvalue weighted by molar-refractivity contribution is -0.554. The van der Waals surface area contributed by atoms with Crippen molar-refractivity contribution in [3.63, 3.8) is 0 Å².